The van der Waals surface area contributed by atoms with Crippen LogP contribution >= 0.6 is 23.1 Å². The fourth-order valence-electron chi connectivity index (χ4n) is 5.68. The SMILES string of the molecule is COc1ccc(-c2ccc(Cn3c(CC(C)(C)C(=O)O)c(SC(C)(C)C)c4cc(OC(C)c5nc6ccccc6s5)ccc43)cc2)cn1. The zero-order valence-corrected chi connectivity index (χ0v) is 30.0. The van der Waals surface area contributed by atoms with Crippen molar-refractivity contribution in [2.75, 3.05) is 7.11 Å². The Labute approximate surface area is 290 Å². The van der Waals surface area contributed by atoms with Crippen LogP contribution in [0.4, 0.5) is 0 Å². The number of rotatable bonds is 11. The number of benzene rings is 3. The summed E-state index contributed by atoms with van der Waals surface area (Å²) in [5.41, 5.74) is 5.25. The van der Waals surface area contributed by atoms with Crippen LogP contribution in [0.1, 0.15) is 63.9 Å². The van der Waals surface area contributed by atoms with E-state index < -0.39 is 11.4 Å². The van der Waals surface area contributed by atoms with Gasteiger partial charge in [-0.1, -0.05) is 57.2 Å². The molecule has 7 nitrogen and oxygen atoms in total. The molecule has 0 fully saturated rings. The minimum Gasteiger partial charge on any atom is -0.484 e. The van der Waals surface area contributed by atoms with E-state index in [1.807, 2.05) is 49.5 Å². The smallest absolute Gasteiger partial charge is 0.309 e. The Bertz CT molecular complexity index is 2040. The quantitative estimate of drug-likeness (QED) is 0.136. The number of hydrogen-bond acceptors (Lipinski definition) is 7. The number of thioether (sulfide) groups is 1. The Morgan fingerprint density at radius 3 is 2.35 bits per heavy atom. The van der Waals surface area contributed by atoms with Crippen molar-refractivity contribution in [3.63, 3.8) is 0 Å². The average Bonchev–Trinajstić information content (AvgIpc) is 3.60. The van der Waals surface area contributed by atoms with E-state index in [-0.39, 0.29) is 10.9 Å². The summed E-state index contributed by atoms with van der Waals surface area (Å²) in [6, 6.07) is 26.7. The van der Waals surface area contributed by atoms with Gasteiger partial charge in [0.15, 0.2) is 0 Å². The van der Waals surface area contributed by atoms with E-state index in [0.717, 1.165) is 59.2 Å². The molecule has 0 amide bonds. The first-order chi connectivity index (χ1) is 22.8. The van der Waals surface area contributed by atoms with E-state index in [4.69, 9.17) is 14.5 Å². The molecule has 0 aliphatic rings. The molecule has 0 bridgehead atoms. The highest BCUT2D eigenvalue weighted by Gasteiger charge is 2.33. The molecule has 3 aromatic carbocycles. The van der Waals surface area contributed by atoms with Gasteiger partial charge in [0, 0.05) is 57.0 Å². The maximum Gasteiger partial charge on any atom is 0.309 e. The molecule has 48 heavy (non-hydrogen) atoms. The zero-order chi connectivity index (χ0) is 34.2. The molecule has 0 saturated heterocycles. The van der Waals surface area contributed by atoms with Gasteiger partial charge < -0.3 is 19.1 Å². The number of carboxylic acid groups (broad SMARTS) is 1. The maximum absolute atomic E-state index is 12.4. The lowest BCUT2D eigenvalue weighted by atomic mass is 9.88. The summed E-state index contributed by atoms with van der Waals surface area (Å²) in [4.78, 5) is 22.7. The molecule has 0 saturated carbocycles. The van der Waals surface area contributed by atoms with Gasteiger partial charge in [-0.3, -0.25) is 4.79 Å². The number of carboxylic acids is 1. The van der Waals surface area contributed by atoms with Crippen LogP contribution in [0.3, 0.4) is 0 Å². The van der Waals surface area contributed by atoms with Gasteiger partial charge in [-0.25, -0.2) is 9.97 Å². The second kappa shape index (κ2) is 13.3. The largest absolute Gasteiger partial charge is 0.484 e. The van der Waals surface area contributed by atoms with Crippen molar-refractivity contribution >= 4 is 50.2 Å². The van der Waals surface area contributed by atoms with Crippen molar-refractivity contribution in [2.24, 2.45) is 5.41 Å². The Kier molecular flexibility index (Phi) is 9.29. The number of nitrogens with zero attached hydrogens (tertiary/aromatic N) is 3. The molecule has 3 heterocycles. The van der Waals surface area contributed by atoms with Crippen molar-refractivity contribution in [2.45, 2.75) is 70.3 Å². The summed E-state index contributed by atoms with van der Waals surface area (Å²) >= 11 is 3.42. The number of aliphatic carboxylic acids is 1. The summed E-state index contributed by atoms with van der Waals surface area (Å²) in [7, 11) is 1.61. The highest BCUT2D eigenvalue weighted by atomic mass is 32.2. The highest BCUT2D eigenvalue weighted by Crippen LogP contribution is 2.44. The van der Waals surface area contributed by atoms with Crippen molar-refractivity contribution in [1.29, 1.82) is 0 Å². The molecule has 3 aromatic heterocycles. The maximum atomic E-state index is 12.4. The first kappa shape index (κ1) is 33.6. The van der Waals surface area contributed by atoms with Gasteiger partial charge >= 0.3 is 5.97 Å². The number of carbonyl (C=O) groups is 1. The molecular weight excluding hydrogens is 639 g/mol. The van der Waals surface area contributed by atoms with E-state index in [2.05, 4.69) is 72.8 Å². The molecule has 6 rings (SSSR count). The van der Waals surface area contributed by atoms with Crippen LogP contribution in [0, 0.1) is 5.41 Å². The van der Waals surface area contributed by atoms with Crippen molar-refractivity contribution in [3.8, 4) is 22.8 Å². The second-order valence-corrected chi connectivity index (χ2v) is 16.6. The summed E-state index contributed by atoms with van der Waals surface area (Å²) in [6.07, 6.45) is 1.96. The van der Waals surface area contributed by atoms with Gasteiger partial charge in [0.05, 0.1) is 22.7 Å². The number of aromatic nitrogens is 3. The number of fused-ring (bicyclic) bond motifs is 2. The van der Waals surface area contributed by atoms with E-state index in [1.54, 1.807) is 44.1 Å². The predicted molar refractivity (Wildman–Crippen MR) is 197 cm³/mol. The van der Waals surface area contributed by atoms with Crippen molar-refractivity contribution in [3.05, 3.63) is 101 Å². The summed E-state index contributed by atoms with van der Waals surface area (Å²) < 4.78 is 15.1. The van der Waals surface area contributed by atoms with E-state index in [9.17, 15) is 9.90 Å². The van der Waals surface area contributed by atoms with E-state index >= 15 is 0 Å². The van der Waals surface area contributed by atoms with Gasteiger partial charge in [-0.2, -0.15) is 0 Å². The van der Waals surface area contributed by atoms with Crippen molar-refractivity contribution in [1.82, 2.24) is 14.5 Å². The Morgan fingerprint density at radius 1 is 0.979 bits per heavy atom. The molecule has 1 atom stereocenters. The van der Waals surface area contributed by atoms with E-state index in [0.29, 0.717) is 18.8 Å². The molecule has 0 aliphatic heterocycles. The highest BCUT2D eigenvalue weighted by molar-refractivity contribution is 8.00. The molecule has 248 valence electrons. The lowest BCUT2D eigenvalue weighted by molar-refractivity contribution is -0.146. The number of ether oxygens (including phenoxy) is 2. The minimum absolute atomic E-state index is 0.111. The fraction of sp³-hybridized carbons (Fsp3) is 0.308. The topological polar surface area (TPSA) is 86.5 Å². The standard InChI is InChI=1S/C39H41N3O4S2/c1-24(36-41-30-10-8-9-11-33(30)47-36)46-28-17-18-31-29(20-28)35(48-38(2,3)4)32(21-39(5,6)37(43)44)42(31)23-25-12-14-26(15-13-25)27-16-19-34(45-7)40-22-27/h8-20,22,24H,21,23H2,1-7H3,(H,43,44). The average molecular weight is 680 g/mol. The number of thiazole rings is 1. The van der Waals surface area contributed by atoms with Gasteiger partial charge in [0.1, 0.15) is 16.9 Å². The van der Waals surface area contributed by atoms with Gasteiger partial charge in [-0.15, -0.1) is 23.1 Å². The molecule has 0 spiro atoms. The van der Waals surface area contributed by atoms with Crippen molar-refractivity contribution < 1.29 is 19.4 Å². The fourth-order valence-corrected chi connectivity index (χ4v) is 7.81. The molecule has 0 radical (unpaired) electrons. The van der Waals surface area contributed by atoms with Crippen LogP contribution in [0.15, 0.2) is 90.0 Å². The van der Waals surface area contributed by atoms with Crippen LogP contribution < -0.4 is 9.47 Å². The molecular formula is C39H41N3O4S2. The van der Waals surface area contributed by atoms with Gasteiger partial charge in [0.25, 0.3) is 0 Å². The Morgan fingerprint density at radius 2 is 1.71 bits per heavy atom. The first-order valence-corrected chi connectivity index (χ1v) is 17.6. The lowest BCUT2D eigenvalue weighted by Crippen LogP contribution is -2.28. The third kappa shape index (κ3) is 7.22. The summed E-state index contributed by atoms with van der Waals surface area (Å²) in [6.45, 7) is 12.8. The van der Waals surface area contributed by atoms with E-state index in [1.165, 1.54) is 0 Å². The third-order valence-electron chi connectivity index (χ3n) is 8.23. The molecule has 0 aliphatic carbocycles. The minimum atomic E-state index is -0.967. The van der Waals surface area contributed by atoms with Gasteiger partial charge in [0.2, 0.25) is 5.88 Å². The summed E-state index contributed by atoms with van der Waals surface area (Å²) in [5, 5.41) is 12.2. The molecule has 1 N–H and O–H groups in total. The van der Waals surface area contributed by atoms with Crippen LogP contribution in [0.5, 0.6) is 11.6 Å². The Balaban J connectivity index is 1.41. The normalized spacial score (nSPS) is 12.8. The summed E-state index contributed by atoms with van der Waals surface area (Å²) in [5.74, 6) is 0.510. The zero-order valence-electron chi connectivity index (χ0n) is 28.4. The molecule has 9 heteroatoms. The second-order valence-electron chi connectivity index (χ2n) is 13.7. The van der Waals surface area contributed by atoms with Crippen LogP contribution in [0.2, 0.25) is 0 Å². The van der Waals surface area contributed by atoms with Crippen LogP contribution in [-0.2, 0) is 17.8 Å². The number of pyridine rings is 1. The molecule has 6 aromatic rings. The number of hydrogen-bond donors (Lipinski definition) is 1. The predicted octanol–water partition coefficient (Wildman–Crippen LogP) is 10.1. The number of methoxy groups -OCH3 is 1. The Hall–Kier alpha value is -4.34. The first-order valence-electron chi connectivity index (χ1n) is 16.0. The third-order valence-corrected chi connectivity index (χ3v) is 10.7. The lowest BCUT2D eigenvalue weighted by Gasteiger charge is -2.24. The monoisotopic (exact) mass is 679 g/mol. The molecule has 1 unspecified atom stereocenters. The number of para-hydroxylation sites is 1. The van der Waals surface area contributed by atoms with Crippen LogP contribution in [-0.4, -0.2) is 37.5 Å². The van der Waals surface area contributed by atoms with Crippen LogP contribution in [0.25, 0.3) is 32.2 Å². The van der Waals surface area contributed by atoms with Gasteiger partial charge in [-0.05, 0) is 68.3 Å².